The average Bonchev–Trinajstić information content (AvgIpc) is 2.63. The van der Waals surface area contributed by atoms with E-state index < -0.39 is 0 Å². The Morgan fingerprint density at radius 2 is 2.00 bits per heavy atom. The van der Waals surface area contributed by atoms with E-state index >= 15 is 0 Å². The van der Waals surface area contributed by atoms with Crippen LogP contribution < -0.4 is 15.4 Å². The number of nitrogens with zero attached hydrogens (tertiary/aromatic N) is 1. The summed E-state index contributed by atoms with van der Waals surface area (Å²) in [5, 5.41) is 5.36. The van der Waals surface area contributed by atoms with Crippen molar-refractivity contribution in [3.63, 3.8) is 0 Å². The van der Waals surface area contributed by atoms with E-state index in [9.17, 15) is 9.59 Å². The molecule has 1 heterocycles. The molecule has 7 nitrogen and oxygen atoms in total. The van der Waals surface area contributed by atoms with Crippen LogP contribution in [0.25, 0.3) is 0 Å². The molecule has 1 unspecified atom stereocenters. The van der Waals surface area contributed by atoms with Gasteiger partial charge < -0.3 is 20.1 Å². The highest BCUT2D eigenvalue weighted by molar-refractivity contribution is 5.85. The summed E-state index contributed by atoms with van der Waals surface area (Å²) in [7, 11) is 0. The van der Waals surface area contributed by atoms with E-state index in [1.165, 1.54) is 0 Å². The first-order valence-corrected chi connectivity index (χ1v) is 9.08. The van der Waals surface area contributed by atoms with Gasteiger partial charge in [-0.1, -0.05) is 32.0 Å². The van der Waals surface area contributed by atoms with Crippen molar-refractivity contribution in [2.75, 3.05) is 45.9 Å². The molecule has 0 spiro atoms. The van der Waals surface area contributed by atoms with Gasteiger partial charge in [0.1, 0.15) is 5.75 Å². The molecular formula is C19H29N3O4. The summed E-state index contributed by atoms with van der Waals surface area (Å²) < 4.78 is 11.0. The number of rotatable bonds is 9. The monoisotopic (exact) mass is 363 g/mol. The number of morpholine rings is 1. The number of nitrogens with one attached hydrogen (secondary N) is 2. The average molecular weight is 363 g/mol. The number of benzene rings is 1. The number of carbonyl (C=O) groups is 2. The van der Waals surface area contributed by atoms with Crippen molar-refractivity contribution in [2.45, 2.75) is 20.0 Å². The summed E-state index contributed by atoms with van der Waals surface area (Å²) in [6.45, 7) is 8.10. The molecule has 144 valence electrons. The fourth-order valence-corrected chi connectivity index (χ4v) is 2.77. The number of amides is 2. The minimum atomic E-state index is -0.332. The van der Waals surface area contributed by atoms with Crippen molar-refractivity contribution in [2.24, 2.45) is 5.92 Å². The zero-order valence-electron chi connectivity index (χ0n) is 15.6. The molecule has 0 radical (unpaired) electrons. The summed E-state index contributed by atoms with van der Waals surface area (Å²) in [4.78, 5) is 26.0. The lowest BCUT2D eigenvalue weighted by atomic mass is 10.2. The number of ether oxygens (including phenoxy) is 2. The molecule has 7 heteroatoms. The van der Waals surface area contributed by atoms with Crippen LogP contribution in [0.4, 0.5) is 0 Å². The van der Waals surface area contributed by atoms with Crippen molar-refractivity contribution in [1.29, 1.82) is 0 Å². The van der Waals surface area contributed by atoms with Crippen LogP contribution in [0.5, 0.6) is 5.75 Å². The lowest BCUT2D eigenvalue weighted by Crippen LogP contribution is -2.49. The Bertz CT molecular complexity index is 565. The summed E-state index contributed by atoms with van der Waals surface area (Å²) in [6, 6.07) is 9.07. The van der Waals surface area contributed by atoms with Gasteiger partial charge in [-0.05, 0) is 18.1 Å². The third-order valence-corrected chi connectivity index (χ3v) is 3.93. The van der Waals surface area contributed by atoms with Crippen LogP contribution >= 0.6 is 0 Å². The van der Waals surface area contributed by atoms with E-state index in [2.05, 4.69) is 29.4 Å². The first-order valence-electron chi connectivity index (χ1n) is 9.08. The van der Waals surface area contributed by atoms with Crippen LogP contribution in [0.3, 0.4) is 0 Å². The summed E-state index contributed by atoms with van der Waals surface area (Å²) >= 11 is 0. The third-order valence-electron chi connectivity index (χ3n) is 3.93. The molecule has 0 aliphatic carbocycles. The van der Waals surface area contributed by atoms with Crippen LogP contribution in [0.1, 0.15) is 13.8 Å². The summed E-state index contributed by atoms with van der Waals surface area (Å²) in [5.41, 5.74) is 0. The second-order valence-corrected chi connectivity index (χ2v) is 6.83. The van der Waals surface area contributed by atoms with Crippen molar-refractivity contribution in [3.8, 4) is 5.75 Å². The lowest BCUT2D eigenvalue weighted by Gasteiger charge is -2.33. The molecule has 0 bridgehead atoms. The molecule has 0 aromatic heterocycles. The predicted molar refractivity (Wildman–Crippen MR) is 99.0 cm³/mol. The van der Waals surface area contributed by atoms with Gasteiger partial charge in [-0.15, -0.1) is 0 Å². The van der Waals surface area contributed by atoms with Gasteiger partial charge in [0.25, 0.3) is 5.91 Å². The molecule has 1 aromatic rings. The zero-order valence-corrected chi connectivity index (χ0v) is 15.6. The van der Waals surface area contributed by atoms with Crippen LogP contribution in [-0.2, 0) is 14.3 Å². The topological polar surface area (TPSA) is 79.9 Å². The van der Waals surface area contributed by atoms with E-state index in [0.29, 0.717) is 24.8 Å². The van der Waals surface area contributed by atoms with Crippen molar-refractivity contribution < 1.29 is 19.1 Å². The van der Waals surface area contributed by atoms with Gasteiger partial charge >= 0.3 is 0 Å². The molecule has 2 amide bonds. The Morgan fingerprint density at radius 3 is 2.73 bits per heavy atom. The molecule has 26 heavy (non-hydrogen) atoms. The highest BCUT2D eigenvalue weighted by Crippen LogP contribution is 2.08. The molecule has 1 aromatic carbocycles. The molecule has 2 rings (SSSR count). The smallest absolute Gasteiger partial charge is 0.258 e. The van der Waals surface area contributed by atoms with E-state index in [-0.39, 0.29) is 31.1 Å². The Balaban J connectivity index is 1.59. The largest absolute Gasteiger partial charge is 0.484 e. The minimum Gasteiger partial charge on any atom is -0.484 e. The maximum Gasteiger partial charge on any atom is 0.258 e. The molecule has 1 aliphatic heterocycles. The zero-order chi connectivity index (χ0) is 18.8. The molecular weight excluding hydrogens is 334 g/mol. The normalized spacial score (nSPS) is 17.7. The molecule has 1 saturated heterocycles. The SMILES string of the molecule is CC(C)CN1CCOC(CNC(=O)CNC(=O)COc2ccccc2)C1. The van der Waals surface area contributed by atoms with Gasteiger partial charge in [-0.3, -0.25) is 14.5 Å². The Labute approximate surface area is 155 Å². The molecule has 1 aliphatic rings. The van der Waals surface area contributed by atoms with Crippen molar-refractivity contribution in [3.05, 3.63) is 30.3 Å². The molecule has 0 saturated carbocycles. The Morgan fingerprint density at radius 1 is 1.23 bits per heavy atom. The van der Waals surface area contributed by atoms with E-state index in [4.69, 9.17) is 9.47 Å². The Hall–Kier alpha value is -2.12. The summed E-state index contributed by atoms with van der Waals surface area (Å²) in [5.74, 6) is 0.660. The number of hydrogen-bond acceptors (Lipinski definition) is 5. The third kappa shape index (κ3) is 7.84. The van der Waals surface area contributed by atoms with Crippen LogP contribution in [-0.4, -0.2) is 68.8 Å². The van der Waals surface area contributed by atoms with Gasteiger partial charge in [0, 0.05) is 26.2 Å². The number of para-hydroxylation sites is 1. The first-order chi connectivity index (χ1) is 12.5. The predicted octanol–water partition coefficient (Wildman–Crippen LogP) is 0.655. The maximum absolute atomic E-state index is 11.9. The van der Waals surface area contributed by atoms with Gasteiger partial charge in [-0.2, -0.15) is 0 Å². The fourth-order valence-electron chi connectivity index (χ4n) is 2.77. The lowest BCUT2D eigenvalue weighted by molar-refractivity contribution is -0.127. The first kappa shape index (κ1) is 20.2. The summed E-state index contributed by atoms with van der Waals surface area (Å²) in [6.07, 6.45) is -0.0106. The van der Waals surface area contributed by atoms with Gasteiger partial charge in [0.2, 0.25) is 5.91 Å². The van der Waals surface area contributed by atoms with Crippen LogP contribution in [0.15, 0.2) is 30.3 Å². The quantitative estimate of drug-likeness (QED) is 0.674. The molecule has 1 fully saturated rings. The molecule has 2 N–H and O–H groups in total. The van der Waals surface area contributed by atoms with E-state index in [1.54, 1.807) is 12.1 Å². The van der Waals surface area contributed by atoms with Gasteiger partial charge in [-0.25, -0.2) is 0 Å². The van der Waals surface area contributed by atoms with Crippen LogP contribution in [0, 0.1) is 5.92 Å². The standard InChI is InChI=1S/C19H29N3O4/c1-15(2)12-22-8-9-25-17(13-22)10-20-18(23)11-21-19(24)14-26-16-6-4-3-5-7-16/h3-7,15,17H,8-14H2,1-2H3,(H,20,23)(H,21,24). The highest BCUT2D eigenvalue weighted by atomic mass is 16.5. The second kappa shape index (κ2) is 10.8. The maximum atomic E-state index is 11.9. The van der Waals surface area contributed by atoms with Crippen molar-refractivity contribution in [1.82, 2.24) is 15.5 Å². The molecule has 1 atom stereocenters. The van der Waals surface area contributed by atoms with E-state index in [0.717, 1.165) is 19.6 Å². The van der Waals surface area contributed by atoms with Gasteiger partial charge in [0.15, 0.2) is 6.61 Å². The fraction of sp³-hybridized carbons (Fsp3) is 0.579. The van der Waals surface area contributed by atoms with Gasteiger partial charge in [0.05, 0.1) is 19.3 Å². The number of hydrogen-bond donors (Lipinski definition) is 2. The Kier molecular flexibility index (Phi) is 8.37. The minimum absolute atomic E-state index is 0.0106. The highest BCUT2D eigenvalue weighted by Gasteiger charge is 2.21. The van der Waals surface area contributed by atoms with E-state index in [1.807, 2.05) is 18.2 Å². The van der Waals surface area contributed by atoms with Crippen molar-refractivity contribution >= 4 is 11.8 Å². The number of carbonyl (C=O) groups excluding carboxylic acids is 2. The second-order valence-electron chi connectivity index (χ2n) is 6.83. The van der Waals surface area contributed by atoms with Crippen LogP contribution in [0.2, 0.25) is 0 Å².